The summed E-state index contributed by atoms with van der Waals surface area (Å²) in [7, 11) is 1.98. The number of halogens is 1. The Hall–Kier alpha value is -2.07. The zero-order chi connectivity index (χ0) is 17.6. The Bertz CT molecular complexity index is 916. The number of nitrogens with one attached hydrogen (secondary N) is 1. The van der Waals surface area contributed by atoms with Crippen LogP contribution in [-0.2, 0) is 5.41 Å². The molecule has 0 saturated carbocycles. The highest BCUT2D eigenvalue weighted by molar-refractivity contribution is 9.12. The van der Waals surface area contributed by atoms with Crippen molar-refractivity contribution in [2.45, 2.75) is 26.2 Å². The van der Waals surface area contributed by atoms with Crippen molar-refractivity contribution in [3.8, 4) is 11.1 Å². The van der Waals surface area contributed by atoms with Gasteiger partial charge in [0, 0.05) is 40.1 Å². The van der Waals surface area contributed by atoms with Crippen LogP contribution in [0.15, 0.2) is 52.0 Å². The predicted octanol–water partition coefficient (Wildman–Crippen LogP) is 5.04. The molecule has 1 aliphatic rings. The molecule has 1 aromatic heterocycles. The average molecular weight is 385 g/mol. The topological polar surface area (TPSA) is 36.1 Å². The Morgan fingerprint density at radius 2 is 1.92 bits per heavy atom. The smallest absolute Gasteiger partial charge is 0.255 e. The van der Waals surface area contributed by atoms with E-state index in [-0.39, 0.29) is 11.0 Å². The first-order valence-corrected chi connectivity index (χ1v) is 8.66. The summed E-state index contributed by atoms with van der Waals surface area (Å²) < 4.78 is 0.955. The number of hydrogen-bond donors (Lipinski definition) is 1. The summed E-state index contributed by atoms with van der Waals surface area (Å²) >= 11 is 3.59. The summed E-state index contributed by atoms with van der Waals surface area (Å²) in [5.41, 5.74) is 5.66. The number of rotatable bonds is 1. The number of pyridine rings is 1. The van der Waals surface area contributed by atoms with Gasteiger partial charge in [-0.15, -0.1) is 0 Å². The van der Waals surface area contributed by atoms with Gasteiger partial charge in [-0.25, -0.2) is 0 Å². The highest BCUT2D eigenvalue weighted by Gasteiger charge is 2.26. The normalized spacial score (nSPS) is 14.5. The van der Waals surface area contributed by atoms with Crippen LogP contribution in [0.5, 0.6) is 0 Å². The first-order chi connectivity index (χ1) is 11.2. The fraction of sp³-hybridized carbons (Fsp3) is 0.250. The molecule has 0 bridgehead atoms. The van der Waals surface area contributed by atoms with Crippen molar-refractivity contribution >= 4 is 27.7 Å². The fourth-order valence-electron chi connectivity index (χ4n) is 2.93. The van der Waals surface area contributed by atoms with E-state index >= 15 is 0 Å². The van der Waals surface area contributed by atoms with Gasteiger partial charge in [0.05, 0.1) is 5.69 Å². The van der Waals surface area contributed by atoms with Crippen molar-refractivity contribution < 1.29 is 0 Å². The van der Waals surface area contributed by atoms with Gasteiger partial charge in [0.15, 0.2) is 0 Å². The lowest BCUT2D eigenvalue weighted by Gasteiger charge is -2.32. The SMILES string of the molecule is C=C1C(Br)=Cc2cc(C(C)(C)C)cc(-c3ccc[nH]c3=O)c2N1C. The van der Waals surface area contributed by atoms with Crippen LogP contribution in [0.1, 0.15) is 31.9 Å². The number of allylic oxidation sites excluding steroid dienone is 1. The van der Waals surface area contributed by atoms with Gasteiger partial charge in [0.25, 0.3) is 5.56 Å². The van der Waals surface area contributed by atoms with Crippen LogP contribution in [0, 0.1) is 0 Å². The molecule has 124 valence electrons. The molecular formula is C20H21BrN2O. The van der Waals surface area contributed by atoms with E-state index in [4.69, 9.17) is 0 Å². The van der Waals surface area contributed by atoms with Crippen LogP contribution in [0.3, 0.4) is 0 Å². The van der Waals surface area contributed by atoms with E-state index in [0.717, 1.165) is 27.0 Å². The van der Waals surface area contributed by atoms with Crippen LogP contribution >= 0.6 is 15.9 Å². The molecule has 2 aromatic rings. The van der Waals surface area contributed by atoms with Gasteiger partial charge in [0.2, 0.25) is 0 Å². The van der Waals surface area contributed by atoms with E-state index in [0.29, 0.717) is 5.56 Å². The van der Waals surface area contributed by atoms with E-state index in [2.05, 4.69) is 66.5 Å². The van der Waals surface area contributed by atoms with Gasteiger partial charge in [-0.2, -0.15) is 0 Å². The third kappa shape index (κ3) is 2.75. The largest absolute Gasteiger partial charge is 0.343 e. The van der Waals surface area contributed by atoms with Crippen molar-refractivity contribution in [1.82, 2.24) is 4.98 Å². The van der Waals surface area contributed by atoms with Crippen LogP contribution in [0.25, 0.3) is 17.2 Å². The standard InChI is InChI=1S/C20H21BrN2O/c1-12-17(21)10-13-9-14(20(2,3)4)11-16(18(13)23(12)5)15-7-6-8-22-19(15)24/h6-11H,1H2,2-5H3,(H,22,24). The molecule has 4 heteroatoms. The molecule has 0 atom stereocenters. The molecule has 24 heavy (non-hydrogen) atoms. The monoisotopic (exact) mass is 384 g/mol. The Morgan fingerprint density at radius 3 is 2.54 bits per heavy atom. The zero-order valence-electron chi connectivity index (χ0n) is 14.4. The van der Waals surface area contributed by atoms with Crippen LogP contribution in [-0.4, -0.2) is 12.0 Å². The zero-order valence-corrected chi connectivity index (χ0v) is 16.0. The summed E-state index contributed by atoms with van der Waals surface area (Å²) in [5.74, 6) is 0. The molecule has 0 spiro atoms. The lowest BCUT2D eigenvalue weighted by atomic mass is 9.82. The van der Waals surface area contributed by atoms with Crippen molar-refractivity contribution in [3.63, 3.8) is 0 Å². The average Bonchev–Trinajstić information content (AvgIpc) is 2.51. The lowest BCUT2D eigenvalue weighted by molar-refractivity contribution is 0.590. The minimum absolute atomic E-state index is 0.0152. The summed E-state index contributed by atoms with van der Waals surface area (Å²) in [5, 5.41) is 0. The fourth-order valence-corrected chi connectivity index (χ4v) is 3.44. The van der Waals surface area contributed by atoms with Crippen molar-refractivity contribution in [3.05, 3.63) is 68.7 Å². The third-order valence-corrected chi connectivity index (χ3v) is 5.10. The second-order valence-corrected chi connectivity index (χ2v) is 7.98. The highest BCUT2D eigenvalue weighted by atomic mass is 79.9. The lowest BCUT2D eigenvalue weighted by Crippen LogP contribution is -2.23. The minimum Gasteiger partial charge on any atom is -0.343 e. The summed E-state index contributed by atoms with van der Waals surface area (Å²) in [6, 6.07) is 8.04. The Labute approximate surface area is 150 Å². The Kier molecular flexibility index (Phi) is 4.04. The summed E-state index contributed by atoms with van der Waals surface area (Å²) in [6.45, 7) is 10.7. The number of benzene rings is 1. The molecule has 3 nitrogen and oxygen atoms in total. The molecule has 1 aromatic carbocycles. The van der Waals surface area contributed by atoms with Crippen molar-refractivity contribution in [2.75, 3.05) is 11.9 Å². The number of H-pyrrole nitrogens is 1. The second-order valence-electron chi connectivity index (χ2n) is 7.12. The maximum absolute atomic E-state index is 12.4. The molecule has 1 N–H and O–H groups in total. The number of likely N-dealkylation sites (N-methyl/N-ethyl adjacent to an activating group) is 1. The van der Waals surface area contributed by atoms with E-state index in [9.17, 15) is 4.79 Å². The van der Waals surface area contributed by atoms with Gasteiger partial charge in [-0.1, -0.05) is 27.4 Å². The van der Waals surface area contributed by atoms with Crippen LogP contribution < -0.4 is 10.5 Å². The number of hydrogen-bond acceptors (Lipinski definition) is 2. The molecule has 2 heterocycles. The summed E-state index contributed by atoms with van der Waals surface area (Å²) in [6.07, 6.45) is 3.73. The molecule has 0 aliphatic carbocycles. The first kappa shape index (κ1) is 16.8. The molecule has 0 saturated heterocycles. The van der Waals surface area contributed by atoms with Gasteiger partial charge >= 0.3 is 0 Å². The van der Waals surface area contributed by atoms with E-state index in [1.807, 2.05) is 24.1 Å². The second kappa shape index (κ2) is 5.78. The number of nitrogens with zero attached hydrogens (tertiary/aromatic N) is 1. The van der Waals surface area contributed by atoms with E-state index in [1.165, 1.54) is 5.56 Å². The van der Waals surface area contributed by atoms with Crippen LogP contribution in [0.2, 0.25) is 0 Å². The molecule has 0 amide bonds. The predicted molar refractivity (Wildman–Crippen MR) is 106 cm³/mol. The maximum atomic E-state index is 12.4. The third-order valence-electron chi connectivity index (χ3n) is 4.41. The molecular weight excluding hydrogens is 364 g/mol. The number of aromatic amines is 1. The number of aromatic nitrogens is 1. The van der Waals surface area contributed by atoms with Gasteiger partial charge in [0.1, 0.15) is 0 Å². The van der Waals surface area contributed by atoms with E-state index in [1.54, 1.807) is 6.20 Å². The highest BCUT2D eigenvalue weighted by Crippen LogP contribution is 2.43. The van der Waals surface area contributed by atoms with Gasteiger partial charge < -0.3 is 9.88 Å². The molecule has 0 fully saturated rings. The molecule has 3 rings (SSSR count). The Balaban J connectivity index is 2.41. The first-order valence-electron chi connectivity index (χ1n) is 7.87. The van der Waals surface area contributed by atoms with Gasteiger partial charge in [-0.05, 0) is 57.2 Å². The van der Waals surface area contributed by atoms with Gasteiger partial charge in [-0.3, -0.25) is 4.79 Å². The Morgan fingerprint density at radius 1 is 1.21 bits per heavy atom. The maximum Gasteiger partial charge on any atom is 0.255 e. The van der Waals surface area contributed by atoms with Crippen molar-refractivity contribution in [1.29, 1.82) is 0 Å². The quantitative estimate of drug-likeness (QED) is 0.747. The number of anilines is 1. The van der Waals surface area contributed by atoms with Crippen LogP contribution in [0.4, 0.5) is 5.69 Å². The van der Waals surface area contributed by atoms with Crippen molar-refractivity contribution in [2.24, 2.45) is 0 Å². The van der Waals surface area contributed by atoms with E-state index < -0.39 is 0 Å². The molecule has 0 unspecified atom stereocenters. The molecule has 0 radical (unpaired) electrons. The minimum atomic E-state index is -0.0848. The molecule has 1 aliphatic heterocycles. The number of fused-ring (bicyclic) bond motifs is 1. The summed E-state index contributed by atoms with van der Waals surface area (Å²) in [4.78, 5) is 17.2.